The predicted octanol–water partition coefficient (Wildman–Crippen LogP) is 19.0. The standard InChI is InChI=1S/C65H100O6/c1-4-7-10-13-16-19-22-25-28-31-34-37-40-43-46-49-52-55-58-64(67)70-61-62(60-69-63(66)57-54-51-48-45-42-39-36-33-30-27-24-21-18-15-12-9-6-3)71-65(68)59-56-53-50-47-44-41-38-35-32-29-26-23-20-17-14-11-8-5-2/h9,12,15-16,18-19,21-39,42,62H,4-8,10-11,13-14,17,20,40-41,43-61H2,1-3H3/b12-9-,18-15-,19-16-,24-21-,25-22-,26-23-,30-27-,31-28-,32-29-,36-33+,37-34-,38-35-,42-39-. The van der Waals surface area contributed by atoms with Crippen LogP contribution in [0.25, 0.3) is 0 Å². The van der Waals surface area contributed by atoms with Crippen molar-refractivity contribution < 1.29 is 28.6 Å². The van der Waals surface area contributed by atoms with Gasteiger partial charge in [-0.2, -0.15) is 0 Å². The minimum absolute atomic E-state index is 0.121. The van der Waals surface area contributed by atoms with Crippen molar-refractivity contribution in [3.63, 3.8) is 0 Å². The summed E-state index contributed by atoms with van der Waals surface area (Å²) in [5.74, 6) is -1.02. The molecular formula is C65H100O6. The van der Waals surface area contributed by atoms with Crippen LogP contribution in [-0.2, 0) is 28.6 Å². The number of allylic oxidation sites excluding steroid dienone is 26. The summed E-state index contributed by atoms with van der Waals surface area (Å²) in [7, 11) is 0. The van der Waals surface area contributed by atoms with Gasteiger partial charge in [-0.15, -0.1) is 0 Å². The van der Waals surface area contributed by atoms with Gasteiger partial charge in [-0.05, 0) is 89.9 Å². The molecular weight excluding hydrogens is 877 g/mol. The summed E-state index contributed by atoms with van der Waals surface area (Å²) in [5, 5.41) is 0. The van der Waals surface area contributed by atoms with Crippen molar-refractivity contribution in [2.75, 3.05) is 13.2 Å². The van der Waals surface area contributed by atoms with Crippen molar-refractivity contribution in [3.8, 4) is 0 Å². The fraction of sp³-hybridized carbons (Fsp3) is 0.554. The molecule has 6 heteroatoms. The summed E-state index contributed by atoms with van der Waals surface area (Å²) in [6, 6.07) is 0. The number of ether oxygens (including phenoxy) is 3. The lowest BCUT2D eigenvalue weighted by atomic mass is 10.1. The number of hydrogen-bond acceptors (Lipinski definition) is 6. The van der Waals surface area contributed by atoms with Crippen LogP contribution in [0.15, 0.2) is 158 Å². The molecule has 396 valence electrons. The summed E-state index contributed by atoms with van der Waals surface area (Å²) >= 11 is 0. The first-order valence-corrected chi connectivity index (χ1v) is 28.2. The van der Waals surface area contributed by atoms with Gasteiger partial charge in [0.1, 0.15) is 13.2 Å². The Morgan fingerprint density at radius 3 is 0.901 bits per heavy atom. The molecule has 0 aromatic heterocycles. The summed E-state index contributed by atoms with van der Waals surface area (Å²) in [5.41, 5.74) is 0. The van der Waals surface area contributed by atoms with Gasteiger partial charge in [0.15, 0.2) is 6.10 Å². The molecule has 0 N–H and O–H groups in total. The molecule has 1 atom stereocenters. The van der Waals surface area contributed by atoms with Gasteiger partial charge in [0.2, 0.25) is 0 Å². The second-order valence-corrected chi connectivity index (χ2v) is 18.1. The molecule has 0 aliphatic carbocycles. The molecule has 0 fully saturated rings. The first-order chi connectivity index (χ1) is 35.0. The zero-order valence-corrected chi connectivity index (χ0v) is 45.2. The maximum Gasteiger partial charge on any atom is 0.306 e. The fourth-order valence-electron chi connectivity index (χ4n) is 7.07. The van der Waals surface area contributed by atoms with Crippen molar-refractivity contribution >= 4 is 17.9 Å². The smallest absolute Gasteiger partial charge is 0.306 e. The Balaban J connectivity index is 4.61. The zero-order chi connectivity index (χ0) is 51.4. The summed E-state index contributed by atoms with van der Waals surface area (Å²) in [6.07, 6.45) is 83.6. The van der Waals surface area contributed by atoms with Crippen molar-refractivity contribution in [2.45, 2.75) is 219 Å². The van der Waals surface area contributed by atoms with Crippen LogP contribution in [-0.4, -0.2) is 37.2 Å². The number of hydrogen-bond donors (Lipinski definition) is 0. The molecule has 0 aliphatic heterocycles. The third-order valence-corrected chi connectivity index (χ3v) is 11.3. The van der Waals surface area contributed by atoms with E-state index in [0.717, 1.165) is 116 Å². The molecule has 0 radical (unpaired) electrons. The van der Waals surface area contributed by atoms with E-state index >= 15 is 0 Å². The first-order valence-electron chi connectivity index (χ1n) is 28.2. The fourth-order valence-corrected chi connectivity index (χ4v) is 7.07. The van der Waals surface area contributed by atoms with E-state index in [1.807, 2.05) is 60.8 Å². The van der Waals surface area contributed by atoms with Crippen molar-refractivity contribution in [3.05, 3.63) is 158 Å². The van der Waals surface area contributed by atoms with Gasteiger partial charge in [-0.1, -0.05) is 262 Å². The van der Waals surface area contributed by atoms with E-state index in [-0.39, 0.29) is 44.0 Å². The quantitative estimate of drug-likeness (QED) is 0.0262. The van der Waals surface area contributed by atoms with Gasteiger partial charge in [0, 0.05) is 19.3 Å². The highest BCUT2D eigenvalue weighted by molar-refractivity contribution is 5.71. The highest BCUT2D eigenvalue weighted by Crippen LogP contribution is 2.13. The Morgan fingerprint density at radius 1 is 0.296 bits per heavy atom. The second-order valence-electron chi connectivity index (χ2n) is 18.1. The van der Waals surface area contributed by atoms with Gasteiger partial charge in [-0.25, -0.2) is 0 Å². The Morgan fingerprint density at radius 2 is 0.549 bits per heavy atom. The van der Waals surface area contributed by atoms with Crippen LogP contribution in [0.4, 0.5) is 0 Å². The summed E-state index contributed by atoms with van der Waals surface area (Å²) in [4.78, 5) is 38.2. The molecule has 0 aromatic carbocycles. The molecule has 0 bridgehead atoms. The van der Waals surface area contributed by atoms with Crippen molar-refractivity contribution in [1.29, 1.82) is 0 Å². The maximum atomic E-state index is 12.9. The van der Waals surface area contributed by atoms with Gasteiger partial charge >= 0.3 is 17.9 Å². The number of esters is 3. The van der Waals surface area contributed by atoms with Gasteiger partial charge in [-0.3, -0.25) is 14.4 Å². The van der Waals surface area contributed by atoms with Gasteiger partial charge < -0.3 is 14.2 Å². The zero-order valence-electron chi connectivity index (χ0n) is 45.2. The van der Waals surface area contributed by atoms with E-state index in [1.165, 1.54) is 51.4 Å². The molecule has 71 heavy (non-hydrogen) atoms. The van der Waals surface area contributed by atoms with Crippen LogP contribution >= 0.6 is 0 Å². The van der Waals surface area contributed by atoms with Crippen LogP contribution < -0.4 is 0 Å². The minimum atomic E-state index is -0.827. The molecule has 0 amide bonds. The van der Waals surface area contributed by atoms with E-state index in [2.05, 4.69) is 118 Å². The lowest BCUT2D eigenvalue weighted by Gasteiger charge is -2.18. The van der Waals surface area contributed by atoms with Gasteiger partial charge in [0.25, 0.3) is 0 Å². The minimum Gasteiger partial charge on any atom is -0.462 e. The topological polar surface area (TPSA) is 78.9 Å². The van der Waals surface area contributed by atoms with E-state index in [1.54, 1.807) is 0 Å². The number of carbonyl (C=O) groups excluding carboxylic acids is 3. The first kappa shape index (κ1) is 66.0. The van der Waals surface area contributed by atoms with Crippen LogP contribution in [0.5, 0.6) is 0 Å². The molecule has 0 aliphatic rings. The second kappa shape index (κ2) is 57.6. The number of rotatable bonds is 48. The Labute approximate surface area is 435 Å². The molecule has 6 nitrogen and oxygen atoms in total. The Bertz CT molecular complexity index is 1640. The normalized spacial score (nSPS) is 13.3. The number of carbonyl (C=O) groups is 3. The molecule has 0 aromatic rings. The molecule has 0 rings (SSSR count). The predicted molar refractivity (Wildman–Crippen MR) is 306 cm³/mol. The van der Waals surface area contributed by atoms with Crippen LogP contribution in [0.1, 0.15) is 213 Å². The summed E-state index contributed by atoms with van der Waals surface area (Å²) < 4.78 is 16.8. The monoisotopic (exact) mass is 977 g/mol. The molecule has 0 saturated carbocycles. The lowest BCUT2D eigenvalue weighted by Crippen LogP contribution is -2.30. The third-order valence-electron chi connectivity index (χ3n) is 11.3. The van der Waals surface area contributed by atoms with Crippen LogP contribution in [0.3, 0.4) is 0 Å². The lowest BCUT2D eigenvalue weighted by molar-refractivity contribution is -0.167. The average Bonchev–Trinajstić information content (AvgIpc) is 3.37. The third kappa shape index (κ3) is 55.8. The Hall–Kier alpha value is -4.97. The van der Waals surface area contributed by atoms with E-state index in [0.29, 0.717) is 12.8 Å². The summed E-state index contributed by atoms with van der Waals surface area (Å²) in [6.45, 7) is 6.35. The molecule has 0 saturated heterocycles. The van der Waals surface area contributed by atoms with E-state index < -0.39 is 6.10 Å². The molecule has 0 heterocycles. The highest BCUT2D eigenvalue weighted by Gasteiger charge is 2.19. The molecule has 1 unspecified atom stereocenters. The van der Waals surface area contributed by atoms with Crippen LogP contribution in [0, 0.1) is 0 Å². The van der Waals surface area contributed by atoms with E-state index in [4.69, 9.17) is 14.2 Å². The van der Waals surface area contributed by atoms with Crippen molar-refractivity contribution in [1.82, 2.24) is 0 Å². The average molecular weight is 978 g/mol. The number of unbranched alkanes of at least 4 members (excludes halogenated alkanes) is 21. The van der Waals surface area contributed by atoms with Gasteiger partial charge in [0.05, 0.1) is 0 Å². The highest BCUT2D eigenvalue weighted by atomic mass is 16.6. The van der Waals surface area contributed by atoms with Crippen LogP contribution in [0.2, 0.25) is 0 Å². The maximum absolute atomic E-state index is 12.9. The molecule has 0 spiro atoms. The van der Waals surface area contributed by atoms with E-state index in [9.17, 15) is 14.4 Å². The largest absolute Gasteiger partial charge is 0.462 e. The van der Waals surface area contributed by atoms with Crippen molar-refractivity contribution in [2.24, 2.45) is 0 Å². The SMILES string of the molecule is CC\C=C/C=C\C=C/C=C\C=C\C=C/CCCCCC(=O)OCC(COC(=O)CCCCCCC\C=C/C=C\C=C/C=C\CCCCC)OC(=O)CCCCCCC\C=C/C=C\C=C/CCCCCCC. The Kier molecular flexibility index (Phi) is 53.6.